The van der Waals surface area contributed by atoms with Crippen LogP contribution < -0.4 is 20.1 Å². The highest BCUT2D eigenvalue weighted by Crippen LogP contribution is 2.35. The van der Waals surface area contributed by atoms with E-state index in [1.807, 2.05) is 17.8 Å². The number of hydrogen-bond acceptors (Lipinski definition) is 7. The number of hydrogen-bond donors (Lipinski definition) is 2. The van der Waals surface area contributed by atoms with Crippen molar-refractivity contribution in [3.05, 3.63) is 47.4 Å². The number of ether oxygens (including phenoxy) is 3. The minimum atomic E-state index is -0.701. The van der Waals surface area contributed by atoms with Crippen molar-refractivity contribution in [1.82, 2.24) is 20.2 Å². The summed E-state index contributed by atoms with van der Waals surface area (Å²) in [6.45, 7) is 0. The van der Waals surface area contributed by atoms with Gasteiger partial charge in [0.15, 0.2) is 16.7 Å². The van der Waals surface area contributed by atoms with Crippen LogP contribution in [0.3, 0.4) is 0 Å². The first-order chi connectivity index (χ1) is 14.0. The van der Waals surface area contributed by atoms with Crippen molar-refractivity contribution >= 4 is 23.8 Å². The number of aromatic nitrogens is 2. The highest BCUT2D eigenvalue weighted by Gasteiger charge is 2.34. The van der Waals surface area contributed by atoms with Crippen molar-refractivity contribution in [3.8, 4) is 11.5 Å². The summed E-state index contributed by atoms with van der Waals surface area (Å²) in [7, 11) is 6.24. The van der Waals surface area contributed by atoms with Gasteiger partial charge < -0.3 is 29.4 Å². The van der Waals surface area contributed by atoms with Crippen molar-refractivity contribution in [2.75, 3.05) is 27.1 Å². The third-order valence-electron chi connectivity index (χ3n) is 4.42. The Balaban J connectivity index is 2.01. The second-order valence-electron chi connectivity index (χ2n) is 6.14. The Hall–Kier alpha value is -3.14. The third-order valence-corrected chi connectivity index (χ3v) is 5.51. The molecule has 9 nitrogen and oxygen atoms in total. The first-order valence-corrected chi connectivity index (χ1v) is 9.68. The zero-order valence-corrected chi connectivity index (χ0v) is 17.3. The Labute approximate surface area is 172 Å². The largest absolute Gasteiger partial charge is 0.493 e. The number of imidazole rings is 1. The average Bonchev–Trinajstić information content (AvgIpc) is 3.15. The number of amides is 2. The lowest BCUT2D eigenvalue weighted by atomic mass is 9.95. The number of thioether (sulfide) groups is 1. The van der Waals surface area contributed by atoms with Gasteiger partial charge in [-0.15, -0.1) is 0 Å². The number of aryl methyl sites for hydroxylation is 1. The van der Waals surface area contributed by atoms with E-state index < -0.39 is 18.0 Å². The summed E-state index contributed by atoms with van der Waals surface area (Å²) >= 11 is 1.40. The van der Waals surface area contributed by atoms with Gasteiger partial charge in [-0.1, -0.05) is 17.8 Å². The van der Waals surface area contributed by atoms with Crippen LogP contribution in [-0.4, -0.2) is 48.6 Å². The van der Waals surface area contributed by atoms with E-state index in [0.29, 0.717) is 34.1 Å². The summed E-state index contributed by atoms with van der Waals surface area (Å²) in [5.41, 5.74) is 1.45. The average molecular weight is 418 g/mol. The highest BCUT2D eigenvalue weighted by atomic mass is 32.2. The van der Waals surface area contributed by atoms with Gasteiger partial charge in [0.05, 0.1) is 32.9 Å². The highest BCUT2D eigenvalue weighted by molar-refractivity contribution is 7.99. The predicted octanol–water partition coefficient (Wildman–Crippen LogP) is 2.01. The lowest BCUT2D eigenvalue weighted by molar-refractivity contribution is -0.136. The molecular weight excluding hydrogens is 396 g/mol. The van der Waals surface area contributed by atoms with Gasteiger partial charge >= 0.3 is 12.0 Å². The van der Waals surface area contributed by atoms with E-state index in [0.717, 1.165) is 5.16 Å². The molecule has 0 saturated heterocycles. The number of nitrogens with one attached hydrogen (secondary N) is 2. The van der Waals surface area contributed by atoms with Crippen molar-refractivity contribution < 1.29 is 23.8 Å². The Morgan fingerprint density at radius 2 is 2.00 bits per heavy atom. The lowest BCUT2D eigenvalue weighted by Gasteiger charge is -2.29. The van der Waals surface area contributed by atoms with Crippen LogP contribution in [0.5, 0.6) is 11.5 Å². The summed E-state index contributed by atoms with van der Waals surface area (Å²) in [5, 5.41) is 6.28. The molecule has 1 atom stereocenters. The summed E-state index contributed by atoms with van der Waals surface area (Å²) in [6.07, 6.45) is 3.51. The third kappa shape index (κ3) is 4.32. The summed E-state index contributed by atoms with van der Waals surface area (Å²) < 4.78 is 17.5. The van der Waals surface area contributed by atoms with Crippen LogP contribution in [0, 0.1) is 0 Å². The number of benzene rings is 1. The van der Waals surface area contributed by atoms with Gasteiger partial charge in [0.25, 0.3) is 0 Å². The summed E-state index contributed by atoms with van der Waals surface area (Å²) in [5.74, 6) is 0.844. The first kappa shape index (κ1) is 20.6. The smallest absolute Gasteiger partial charge is 0.338 e. The molecule has 2 amide bonds. The SMILES string of the molecule is COC(=O)C1=C(CSc2nccn2C)NC(=O)N[C@H]1c1ccc(OC)c(OC)c1. The van der Waals surface area contributed by atoms with Crippen LogP contribution in [0.25, 0.3) is 0 Å². The molecule has 0 spiro atoms. The maximum Gasteiger partial charge on any atom is 0.338 e. The van der Waals surface area contributed by atoms with Gasteiger partial charge in [0.1, 0.15) is 0 Å². The van der Waals surface area contributed by atoms with E-state index in [4.69, 9.17) is 14.2 Å². The second-order valence-corrected chi connectivity index (χ2v) is 7.08. The van der Waals surface area contributed by atoms with Crippen molar-refractivity contribution in [3.63, 3.8) is 0 Å². The molecule has 0 radical (unpaired) electrons. The molecule has 1 aromatic heterocycles. The number of carbonyl (C=O) groups excluding carboxylic acids is 2. The minimum Gasteiger partial charge on any atom is -0.493 e. The zero-order chi connectivity index (χ0) is 21.0. The van der Waals surface area contributed by atoms with Gasteiger partial charge in [-0.05, 0) is 17.7 Å². The van der Waals surface area contributed by atoms with Crippen molar-refractivity contribution in [2.24, 2.45) is 7.05 Å². The Bertz CT molecular complexity index is 956. The van der Waals surface area contributed by atoms with E-state index in [2.05, 4.69) is 15.6 Å². The molecule has 0 fully saturated rings. The van der Waals surface area contributed by atoms with Gasteiger partial charge in [0.2, 0.25) is 0 Å². The molecule has 10 heteroatoms. The number of methoxy groups -OCH3 is 3. The molecule has 154 valence electrons. The molecule has 29 heavy (non-hydrogen) atoms. The quantitative estimate of drug-likeness (QED) is 0.524. The maximum absolute atomic E-state index is 12.6. The summed E-state index contributed by atoms with van der Waals surface area (Å²) in [6, 6.07) is 4.10. The number of carbonyl (C=O) groups is 2. The molecular formula is C19H22N4O5S. The standard InChI is InChI=1S/C19H22N4O5S/c1-23-8-7-20-19(23)29-10-12-15(17(24)28-4)16(22-18(25)21-12)11-5-6-13(26-2)14(9-11)27-3/h5-9,16H,10H2,1-4H3,(H2,21,22,25)/t16-/m0/s1. The van der Waals surface area contributed by atoms with E-state index >= 15 is 0 Å². The molecule has 0 aliphatic carbocycles. The Morgan fingerprint density at radius 1 is 1.24 bits per heavy atom. The maximum atomic E-state index is 12.6. The van der Waals surface area contributed by atoms with Crippen LogP contribution in [0.1, 0.15) is 11.6 Å². The van der Waals surface area contributed by atoms with Crippen LogP contribution in [-0.2, 0) is 16.6 Å². The molecule has 2 heterocycles. The molecule has 0 unspecified atom stereocenters. The molecule has 2 N–H and O–H groups in total. The fraction of sp³-hybridized carbons (Fsp3) is 0.316. The topological polar surface area (TPSA) is 104 Å². The van der Waals surface area contributed by atoms with Crippen LogP contribution in [0.2, 0.25) is 0 Å². The van der Waals surface area contributed by atoms with Crippen LogP contribution in [0.4, 0.5) is 4.79 Å². The molecule has 0 saturated carbocycles. The van der Waals surface area contributed by atoms with E-state index in [9.17, 15) is 9.59 Å². The van der Waals surface area contributed by atoms with Gasteiger partial charge in [0, 0.05) is 30.9 Å². The number of rotatable bonds is 7. The van der Waals surface area contributed by atoms with Crippen LogP contribution in [0.15, 0.2) is 47.0 Å². The van der Waals surface area contributed by atoms with Gasteiger partial charge in [-0.2, -0.15) is 0 Å². The van der Waals surface area contributed by atoms with Gasteiger partial charge in [-0.3, -0.25) is 0 Å². The van der Waals surface area contributed by atoms with E-state index in [1.54, 1.807) is 24.4 Å². The normalized spacial score (nSPS) is 16.1. The van der Waals surface area contributed by atoms with Crippen molar-refractivity contribution in [1.29, 1.82) is 0 Å². The molecule has 1 aliphatic rings. The molecule has 1 aliphatic heterocycles. The molecule has 3 rings (SSSR count). The van der Waals surface area contributed by atoms with Crippen molar-refractivity contribution in [2.45, 2.75) is 11.2 Å². The van der Waals surface area contributed by atoms with Crippen LogP contribution >= 0.6 is 11.8 Å². The van der Waals surface area contributed by atoms with E-state index in [1.165, 1.54) is 33.1 Å². The number of urea groups is 1. The Morgan fingerprint density at radius 3 is 2.62 bits per heavy atom. The van der Waals surface area contributed by atoms with Gasteiger partial charge in [-0.25, -0.2) is 14.6 Å². The molecule has 1 aromatic carbocycles. The fourth-order valence-corrected chi connectivity index (χ4v) is 3.89. The zero-order valence-electron chi connectivity index (χ0n) is 16.5. The number of esters is 1. The first-order valence-electron chi connectivity index (χ1n) is 8.69. The molecule has 2 aromatic rings. The lowest BCUT2D eigenvalue weighted by Crippen LogP contribution is -2.46. The fourth-order valence-electron chi connectivity index (χ4n) is 2.99. The monoisotopic (exact) mass is 418 g/mol. The second kappa shape index (κ2) is 8.91. The summed E-state index contributed by atoms with van der Waals surface area (Å²) in [4.78, 5) is 29.2. The Kier molecular flexibility index (Phi) is 6.32. The minimum absolute atomic E-state index is 0.320. The van der Waals surface area contributed by atoms with E-state index in [-0.39, 0.29) is 0 Å². The number of nitrogens with zero attached hydrogens (tertiary/aromatic N) is 2. The molecule has 0 bridgehead atoms. The predicted molar refractivity (Wildman–Crippen MR) is 107 cm³/mol.